The minimum Gasteiger partial charge on any atom is -0.390 e. The summed E-state index contributed by atoms with van der Waals surface area (Å²) in [6.45, 7) is 10.9. The molecule has 0 radical (unpaired) electrons. The molecule has 39 heavy (non-hydrogen) atoms. The average molecular weight is 534 g/mol. The number of rotatable bonds is 8. The number of benzene rings is 1. The second-order valence-corrected chi connectivity index (χ2v) is 11.6. The van der Waals surface area contributed by atoms with E-state index in [4.69, 9.17) is 0 Å². The van der Waals surface area contributed by atoms with Gasteiger partial charge in [-0.2, -0.15) is 5.10 Å². The lowest BCUT2D eigenvalue weighted by molar-refractivity contribution is -0.115. The molecular weight excluding hydrogens is 490 g/mol. The molecule has 0 bridgehead atoms. The summed E-state index contributed by atoms with van der Waals surface area (Å²) in [6.07, 6.45) is 9.40. The second-order valence-electron chi connectivity index (χ2n) is 11.6. The van der Waals surface area contributed by atoms with Crippen LogP contribution in [-0.2, 0) is 18.3 Å². The molecule has 1 aromatic heterocycles. The highest BCUT2D eigenvalue weighted by Gasteiger charge is 2.35. The Morgan fingerprint density at radius 3 is 2.51 bits per heavy atom. The summed E-state index contributed by atoms with van der Waals surface area (Å²) in [6, 6.07) is 2.92. The number of aliphatic hydroxyl groups is 1. The summed E-state index contributed by atoms with van der Waals surface area (Å²) in [4.78, 5) is 31.3. The van der Waals surface area contributed by atoms with Crippen LogP contribution in [0.4, 0.5) is 5.69 Å². The summed E-state index contributed by atoms with van der Waals surface area (Å²) < 4.78 is 1.85. The zero-order chi connectivity index (χ0) is 27.8. The van der Waals surface area contributed by atoms with Crippen molar-refractivity contribution in [1.82, 2.24) is 20.0 Å². The lowest BCUT2D eigenvalue weighted by atomic mass is 9.86. The molecule has 1 aromatic carbocycles. The van der Waals surface area contributed by atoms with Crippen LogP contribution in [0.25, 0.3) is 10.9 Å². The Kier molecular flexibility index (Phi) is 7.96. The van der Waals surface area contributed by atoms with Crippen molar-refractivity contribution >= 4 is 28.3 Å². The van der Waals surface area contributed by atoms with Gasteiger partial charge >= 0.3 is 0 Å². The molecule has 2 fully saturated rings. The lowest BCUT2D eigenvalue weighted by Crippen LogP contribution is -2.57. The maximum Gasteiger partial charge on any atom is 0.251 e. The fourth-order valence-corrected chi connectivity index (χ4v) is 6.91. The number of nitrogens with one attached hydrogen (secondary N) is 1. The van der Waals surface area contributed by atoms with Crippen LogP contribution in [-0.4, -0.2) is 75.8 Å². The van der Waals surface area contributed by atoms with Gasteiger partial charge in [0, 0.05) is 68.3 Å². The van der Waals surface area contributed by atoms with E-state index in [1.54, 1.807) is 0 Å². The number of ketones is 1. The molecule has 210 valence electrons. The van der Waals surface area contributed by atoms with E-state index in [9.17, 15) is 14.7 Å². The third kappa shape index (κ3) is 5.29. The number of aliphatic hydroxyl groups excluding tert-OH is 1. The summed E-state index contributed by atoms with van der Waals surface area (Å²) in [5.74, 6) is -0.0570. The van der Waals surface area contributed by atoms with E-state index in [1.165, 1.54) is 0 Å². The molecule has 0 spiro atoms. The van der Waals surface area contributed by atoms with Crippen LogP contribution < -0.4 is 10.2 Å². The van der Waals surface area contributed by atoms with E-state index >= 15 is 0 Å². The van der Waals surface area contributed by atoms with E-state index in [1.807, 2.05) is 43.9 Å². The monoisotopic (exact) mass is 533 g/mol. The van der Waals surface area contributed by atoms with Crippen molar-refractivity contribution in [2.75, 3.05) is 31.1 Å². The maximum absolute atomic E-state index is 13.7. The average Bonchev–Trinajstić information content (AvgIpc) is 3.26. The molecular formula is C31H43N5O3. The number of amides is 1. The van der Waals surface area contributed by atoms with Crippen LogP contribution >= 0.6 is 0 Å². The largest absolute Gasteiger partial charge is 0.390 e. The van der Waals surface area contributed by atoms with Gasteiger partial charge in [0.25, 0.3) is 5.91 Å². The number of hydrogen-bond donors (Lipinski definition) is 2. The smallest absolute Gasteiger partial charge is 0.251 e. The Morgan fingerprint density at radius 1 is 1.18 bits per heavy atom. The molecule has 2 N–H and O–H groups in total. The zero-order valence-electron chi connectivity index (χ0n) is 24.1. The maximum atomic E-state index is 13.7. The van der Waals surface area contributed by atoms with Crippen molar-refractivity contribution in [2.45, 2.75) is 84.4 Å². The number of carbonyl (C=O) groups excluding carboxylic acids is 2. The third-order valence-corrected chi connectivity index (χ3v) is 9.01. The topological polar surface area (TPSA) is 90.7 Å². The van der Waals surface area contributed by atoms with E-state index in [0.29, 0.717) is 29.6 Å². The molecule has 5 rings (SSSR count). The highest BCUT2D eigenvalue weighted by atomic mass is 16.3. The number of carbonyl (C=O) groups is 2. The Hall–Kier alpha value is -2.97. The normalized spacial score (nSPS) is 22.7. The van der Waals surface area contributed by atoms with Gasteiger partial charge in [-0.25, -0.2) is 0 Å². The van der Waals surface area contributed by atoms with E-state index in [0.717, 1.165) is 85.0 Å². The molecule has 0 unspecified atom stereocenters. The summed E-state index contributed by atoms with van der Waals surface area (Å²) in [7, 11) is 1.92. The van der Waals surface area contributed by atoms with Crippen molar-refractivity contribution in [3.63, 3.8) is 0 Å². The fraction of sp³-hybridized carbons (Fsp3) is 0.581. The number of likely N-dealkylation sites (tertiary alicyclic amines) is 1. The Bertz CT molecular complexity index is 1330. The van der Waals surface area contributed by atoms with Gasteiger partial charge in [-0.15, -0.1) is 0 Å². The summed E-state index contributed by atoms with van der Waals surface area (Å²) in [5, 5.41) is 18.5. The van der Waals surface area contributed by atoms with Crippen molar-refractivity contribution in [3.05, 3.63) is 46.2 Å². The molecule has 1 saturated carbocycles. The number of allylic oxidation sites excluding steroid dienone is 3. The van der Waals surface area contributed by atoms with E-state index < -0.39 is 0 Å². The first-order valence-electron chi connectivity index (χ1n) is 14.6. The van der Waals surface area contributed by atoms with Crippen LogP contribution in [0.15, 0.2) is 35.1 Å². The number of hydrogen-bond acceptors (Lipinski definition) is 6. The number of β-amino-alcohol motifs (C(OH)–C–C–N with tert-alkyl or cyclic N) is 1. The van der Waals surface area contributed by atoms with Crippen LogP contribution in [0.5, 0.6) is 0 Å². The number of aromatic nitrogens is 2. The van der Waals surface area contributed by atoms with Gasteiger partial charge in [0.2, 0.25) is 0 Å². The lowest BCUT2D eigenvalue weighted by Gasteiger charge is -2.46. The molecule has 2 aromatic rings. The van der Waals surface area contributed by atoms with Gasteiger partial charge in [0.1, 0.15) is 0 Å². The van der Waals surface area contributed by atoms with Gasteiger partial charge in [0.05, 0.1) is 23.5 Å². The van der Waals surface area contributed by atoms with Crippen LogP contribution in [0.2, 0.25) is 0 Å². The van der Waals surface area contributed by atoms with Gasteiger partial charge in [0.15, 0.2) is 5.78 Å². The fourth-order valence-electron chi connectivity index (χ4n) is 6.91. The van der Waals surface area contributed by atoms with E-state index in [-0.39, 0.29) is 24.3 Å². The van der Waals surface area contributed by atoms with Crippen LogP contribution in [0, 0.1) is 0 Å². The molecule has 1 saturated heterocycles. The van der Waals surface area contributed by atoms with Gasteiger partial charge in [-0.3, -0.25) is 19.2 Å². The first kappa shape index (κ1) is 27.6. The molecule has 3 aliphatic rings. The molecule has 2 heterocycles. The summed E-state index contributed by atoms with van der Waals surface area (Å²) >= 11 is 0. The molecule has 8 heteroatoms. The van der Waals surface area contributed by atoms with Crippen LogP contribution in [0.1, 0.15) is 75.7 Å². The molecule has 1 amide bonds. The molecule has 8 nitrogen and oxygen atoms in total. The number of nitrogens with zero attached hydrogens (tertiary/aromatic N) is 4. The minimum absolute atomic E-state index is 0.0896. The molecule has 1 aliphatic heterocycles. The number of Topliss-reactive ketones (excluding diaryl/α,β-unsaturated/α-hetero) is 1. The first-order chi connectivity index (χ1) is 18.7. The van der Waals surface area contributed by atoms with Crippen molar-refractivity contribution in [3.8, 4) is 0 Å². The minimum atomic E-state index is -0.160. The number of fused-ring (bicyclic) bond motifs is 1. The Labute approximate surface area is 231 Å². The Morgan fingerprint density at radius 2 is 1.90 bits per heavy atom. The predicted molar refractivity (Wildman–Crippen MR) is 155 cm³/mol. The number of aryl methyl sites for hydroxylation is 1. The van der Waals surface area contributed by atoms with Crippen molar-refractivity contribution in [2.24, 2.45) is 7.05 Å². The Balaban J connectivity index is 1.44. The van der Waals surface area contributed by atoms with E-state index in [2.05, 4.69) is 34.1 Å². The van der Waals surface area contributed by atoms with Crippen molar-refractivity contribution < 1.29 is 14.7 Å². The van der Waals surface area contributed by atoms with Crippen LogP contribution in [0.3, 0.4) is 0 Å². The zero-order valence-corrected chi connectivity index (χ0v) is 24.1. The summed E-state index contributed by atoms with van der Waals surface area (Å²) in [5.41, 5.74) is 6.46. The quantitative estimate of drug-likeness (QED) is 0.535. The second kappa shape index (κ2) is 11.3. The highest BCUT2D eigenvalue weighted by molar-refractivity contribution is 6.06. The third-order valence-electron chi connectivity index (χ3n) is 9.01. The SMILES string of the molecule is CCc1c(C(=O)NCC2=C(C)C=C(C)CC2=O)cc2c(cnn2C)c1N(CC)C1CCC(N2CC(O)C2)CC1. The van der Waals surface area contributed by atoms with Gasteiger partial charge in [-0.1, -0.05) is 18.6 Å². The highest BCUT2D eigenvalue weighted by Crippen LogP contribution is 2.39. The van der Waals surface area contributed by atoms with Gasteiger partial charge < -0.3 is 15.3 Å². The van der Waals surface area contributed by atoms with Crippen molar-refractivity contribution in [1.29, 1.82) is 0 Å². The number of anilines is 1. The van der Waals surface area contributed by atoms with Gasteiger partial charge in [-0.05, 0) is 70.1 Å². The molecule has 0 atom stereocenters. The first-order valence-corrected chi connectivity index (χ1v) is 14.6. The standard InChI is InChI=1S/C31H43N5O3/c1-6-24-25(31(39)32-15-26-20(4)12-19(3)13-29(26)38)14-28-27(16-33-34(28)5)30(24)36(7-2)22-10-8-21(9-11-22)35-17-23(37)18-35/h12,14,16,21-23,37H,6-11,13,15,17-18H2,1-5H3,(H,32,39). The predicted octanol–water partition coefficient (Wildman–Crippen LogP) is 3.92. The molecule has 2 aliphatic carbocycles.